The van der Waals surface area contributed by atoms with Gasteiger partial charge >= 0.3 is 0 Å². The highest BCUT2D eigenvalue weighted by Gasteiger charge is 2.25. The quantitative estimate of drug-likeness (QED) is 0.380. The first-order valence-corrected chi connectivity index (χ1v) is 11.4. The Morgan fingerprint density at radius 2 is 1.56 bits per heavy atom. The van der Waals surface area contributed by atoms with E-state index in [1.54, 1.807) is 4.79 Å². The molecule has 8 nitrogen and oxygen atoms in total. The molecule has 3 rings (SSSR count). The zero-order valence-corrected chi connectivity index (χ0v) is 19.9. The highest BCUT2D eigenvalue weighted by Crippen LogP contribution is 2.31. The van der Waals surface area contributed by atoms with Gasteiger partial charge < -0.3 is 21.0 Å². The molecular weight excluding hydrogens is 404 g/mol. The van der Waals surface area contributed by atoms with Gasteiger partial charge in [-0.2, -0.15) is 4.79 Å². The molecule has 0 aliphatic carbocycles. The van der Waals surface area contributed by atoms with Gasteiger partial charge in [-0.25, -0.2) is 9.97 Å². The third kappa shape index (κ3) is 5.02. The van der Waals surface area contributed by atoms with Crippen molar-refractivity contribution in [1.29, 1.82) is 0 Å². The first-order chi connectivity index (χ1) is 15.3. The number of fused-ring (bicyclic) bond motifs is 1. The van der Waals surface area contributed by atoms with E-state index in [9.17, 15) is 10.2 Å². The molecule has 2 aromatic heterocycles. The van der Waals surface area contributed by atoms with Crippen molar-refractivity contribution in [3.05, 3.63) is 47.4 Å². The maximum atomic E-state index is 10.1. The number of rotatable bonds is 10. The van der Waals surface area contributed by atoms with Crippen LogP contribution in [0.4, 0.5) is 5.82 Å². The highest BCUT2D eigenvalue weighted by molar-refractivity contribution is 5.88. The molecule has 0 fully saturated rings. The normalized spacial score (nSPS) is 13.8. The summed E-state index contributed by atoms with van der Waals surface area (Å²) in [5.74, 6) is 1.80. The molecule has 0 aliphatic rings. The predicted octanol–water partition coefficient (Wildman–Crippen LogP) is 3.78. The Morgan fingerprint density at radius 3 is 2.09 bits per heavy atom. The van der Waals surface area contributed by atoms with Crippen LogP contribution < -0.4 is 10.7 Å². The number of nitrogens with zero attached hydrogens (tertiary/aromatic N) is 4. The number of aliphatic hydroxyl groups excluding tert-OH is 2. The first kappa shape index (κ1) is 23.9. The summed E-state index contributed by atoms with van der Waals surface area (Å²) < 4.78 is 0. The molecule has 0 saturated carbocycles. The second-order valence-corrected chi connectivity index (χ2v) is 9.19. The van der Waals surface area contributed by atoms with E-state index in [-0.39, 0.29) is 43.1 Å². The van der Waals surface area contributed by atoms with E-state index in [1.807, 2.05) is 30.3 Å². The smallest absolute Gasteiger partial charge is 0.158 e. The van der Waals surface area contributed by atoms with Crippen molar-refractivity contribution in [2.45, 2.75) is 65.5 Å². The summed E-state index contributed by atoms with van der Waals surface area (Å²) in [7, 11) is 0. The SMILES string of the molecule is CC(C)c1nc(NC(CO)c2ccccc2)c2nn(NC(CO)C(C)C)c(C(C)C)c2n1. The number of nitrogens with one attached hydrogen (secondary N) is 2. The fourth-order valence-corrected chi connectivity index (χ4v) is 3.62. The Balaban J connectivity index is 2.15. The Labute approximate surface area is 190 Å². The zero-order chi connectivity index (χ0) is 23.4. The van der Waals surface area contributed by atoms with E-state index in [0.717, 1.165) is 16.8 Å². The summed E-state index contributed by atoms with van der Waals surface area (Å²) in [5.41, 5.74) is 6.67. The van der Waals surface area contributed by atoms with Gasteiger partial charge in [-0.15, -0.1) is 5.10 Å². The van der Waals surface area contributed by atoms with Crippen molar-refractivity contribution in [1.82, 2.24) is 19.9 Å². The van der Waals surface area contributed by atoms with Gasteiger partial charge in [-0.05, 0) is 17.4 Å². The minimum atomic E-state index is -0.323. The maximum absolute atomic E-state index is 10.1. The van der Waals surface area contributed by atoms with E-state index in [2.05, 4.69) is 52.3 Å². The van der Waals surface area contributed by atoms with Crippen LogP contribution in [0.2, 0.25) is 0 Å². The number of aromatic nitrogens is 4. The van der Waals surface area contributed by atoms with Gasteiger partial charge in [-0.1, -0.05) is 71.9 Å². The number of benzene rings is 1. The Kier molecular flexibility index (Phi) is 7.69. The van der Waals surface area contributed by atoms with Gasteiger partial charge in [0.15, 0.2) is 11.3 Å². The minimum absolute atomic E-state index is 0.0000303. The summed E-state index contributed by atoms with van der Waals surface area (Å²) in [6.45, 7) is 12.4. The highest BCUT2D eigenvalue weighted by atomic mass is 16.3. The van der Waals surface area contributed by atoms with Crippen molar-refractivity contribution in [3.63, 3.8) is 0 Å². The summed E-state index contributed by atoms with van der Waals surface area (Å²) in [4.78, 5) is 11.4. The van der Waals surface area contributed by atoms with Crippen molar-refractivity contribution < 1.29 is 10.2 Å². The van der Waals surface area contributed by atoms with Gasteiger partial charge in [0.05, 0.1) is 31.0 Å². The van der Waals surface area contributed by atoms with Gasteiger partial charge in [-0.3, -0.25) is 0 Å². The van der Waals surface area contributed by atoms with Crippen LogP contribution in [-0.4, -0.2) is 49.3 Å². The van der Waals surface area contributed by atoms with Gasteiger partial charge in [0.1, 0.15) is 11.3 Å². The van der Waals surface area contributed by atoms with E-state index in [0.29, 0.717) is 17.2 Å². The van der Waals surface area contributed by atoms with Crippen molar-refractivity contribution in [2.24, 2.45) is 5.92 Å². The van der Waals surface area contributed by atoms with Crippen LogP contribution >= 0.6 is 0 Å². The van der Waals surface area contributed by atoms with Crippen LogP contribution in [-0.2, 0) is 0 Å². The summed E-state index contributed by atoms with van der Waals surface area (Å²) in [5, 5.41) is 28.1. The molecule has 0 radical (unpaired) electrons. The minimum Gasteiger partial charge on any atom is -0.394 e. The van der Waals surface area contributed by atoms with E-state index in [1.165, 1.54) is 0 Å². The number of hydrogen-bond donors (Lipinski definition) is 4. The molecule has 0 saturated heterocycles. The molecule has 3 aromatic rings. The molecule has 0 spiro atoms. The third-order valence-electron chi connectivity index (χ3n) is 5.62. The van der Waals surface area contributed by atoms with E-state index < -0.39 is 0 Å². The molecule has 2 unspecified atom stereocenters. The van der Waals surface area contributed by atoms with Crippen LogP contribution in [0.25, 0.3) is 11.0 Å². The van der Waals surface area contributed by atoms with Crippen LogP contribution in [0.15, 0.2) is 30.3 Å². The van der Waals surface area contributed by atoms with E-state index >= 15 is 0 Å². The Hall–Kier alpha value is -2.71. The van der Waals surface area contributed by atoms with Crippen LogP contribution in [0.3, 0.4) is 0 Å². The lowest BCUT2D eigenvalue weighted by molar-refractivity contribution is 0.238. The molecule has 8 heteroatoms. The lowest BCUT2D eigenvalue weighted by atomic mass is 10.1. The zero-order valence-electron chi connectivity index (χ0n) is 19.9. The predicted molar refractivity (Wildman–Crippen MR) is 128 cm³/mol. The van der Waals surface area contributed by atoms with Crippen LogP contribution in [0.1, 0.15) is 76.5 Å². The maximum Gasteiger partial charge on any atom is 0.158 e. The van der Waals surface area contributed by atoms with Crippen LogP contribution in [0, 0.1) is 5.92 Å². The first-order valence-electron chi connectivity index (χ1n) is 11.4. The second-order valence-electron chi connectivity index (χ2n) is 9.19. The molecule has 0 amide bonds. The second kappa shape index (κ2) is 10.3. The van der Waals surface area contributed by atoms with E-state index in [4.69, 9.17) is 15.1 Å². The van der Waals surface area contributed by atoms with Gasteiger partial charge in [0, 0.05) is 5.92 Å². The Bertz CT molecular complexity index is 1020. The molecule has 4 N–H and O–H groups in total. The number of anilines is 1. The lowest BCUT2D eigenvalue weighted by Crippen LogP contribution is -2.37. The van der Waals surface area contributed by atoms with Crippen molar-refractivity contribution in [3.8, 4) is 0 Å². The number of aliphatic hydroxyl groups is 2. The largest absolute Gasteiger partial charge is 0.394 e. The van der Waals surface area contributed by atoms with Gasteiger partial charge in [0.25, 0.3) is 0 Å². The van der Waals surface area contributed by atoms with Crippen molar-refractivity contribution in [2.75, 3.05) is 24.0 Å². The Morgan fingerprint density at radius 1 is 0.875 bits per heavy atom. The fraction of sp³-hybridized carbons (Fsp3) is 0.542. The molecule has 2 heterocycles. The van der Waals surface area contributed by atoms with Gasteiger partial charge in [0.2, 0.25) is 0 Å². The summed E-state index contributed by atoms with van der Waals surface area (Å²) >= 11 is 0. The molecule has 0 aliphatic heterocycles. The third-order valence-corrected chi connectivity index (χ3v) is 5.62. The molecule has 0 bridgehead atoms. The lowest BCUT2D eigenvalue weighted by Gasteiger charge is -2.22. The molecule has 2 atom stereocenters. The summed E-state index contributed by atoms with van der Waals surface area (Å²) in [6, 6.07) is 9.33. The standard InChI is InChI=1S/C24H36N6O2/c1-14(2)18(12-31)28-30-22(15(3)4)20-21(29-30)24(27-23(26-20)16(5)6)25-19(13-32)17-10-8-7-9-11-17/h7-11,14-16,18-19,28,31-32H,12-13H2,1-6H3,(H,25,26,27). The average molecular weight is 441 g/mol. The molecule has 1 aromatic carbocycles. The molecule has 174 valence electrons. The van der Waals surface area contributed by atoms with Crippen LogP contribution in [0.5, 0.6) is 0 Å². The fourth-order valence-electron chi connectivity index (χ4n) is 3.62. The van der Waals surface area contributed by atoms with Crippen molar-refractivity contribution >= 4 is 16.9 Å². The summed E-state index contributed by atoms with van der Waals surface area (Å²) in [6.07, 6.45) is 0. The number of hydrogen-bond acceptors (Lipinski definition) is 7. The topological polar surface area (TPSA) is 108 Å². The average Bonchev–Trinajstić information content (AvgIpc) is 3.14. The molecular formula is C24H36N6O2. The molecule has 32 heavy (non-hydrogen) atoms. The monoisotopic (exact) mass is 440 g/mol.